The third-order valence-electron chi connectivity index (χ3n) is 3.79. The molecule has 2 aromatic rings. The fourth-order valence-corrected chi connectivity index (χ4v) is 2.46. The van der Waals surface area contributed by atoms with Gasteiger partial charge in [-0.15, -0.1) is 0 Å². The molecule has 154 valence electrons. The Kier molecular flexibility index (Phi) is 6.16. The predicted octanol–water partition coefficient (Wildman–Crippen LogP) is 4.72. The van der Waals surface area contributed by atoms with Gasteiger partial charge in [-0.1, -0.05) is 0 Å². The zero-order valence-electron chi connectivity index (χ0n) is 15.4. The maximum absolute atomic E-state index is 13.1. The third-order valence-corrected chi connectivity index (χ3v) is 3.79. The minimum absolute atomic E-state index is 0.0350. The number of carbonyl (C=O) groups excluding carboxylic acids is 1. The lowest BCUT2D eigenvalue weighted by Crippen LogP contribution is -2.21. The lowest BCUT2D eigenvalue weighted by Gasteiger charge is -2.18. The highest BCUT2D eigenvalue weighted by Crippen LogP contribution is 2.37. The van der Waals surface area contributed by atoms with Crippen LogP contribution in [0.2, 0.25) is 0 Å². The summed E-state index contributed by atoms with van der Waals surface area (Å²) in [6.45, 7) is 2.79. The van der Waals surface area contributed by atoms with Gasteiger partial charge in [0.1, 0.15) is 31.0 Å². The lowest BCUT2D eigenvalue weighted by molar-refractivity contribution is -0.137. The summed E-state index contributed by atoms with van der Waals surface area (Å²) in [7, 11) is 0. The number of halogens is 3. The number of benzene rings is 2. The number of nitrogens with one attached hydrogen (secondary N) is 1. The van der Waals surface area contributed by atoms with Crippen LogP contribution in [0, 0.1) is 0 Å². The van der Waals surface area contributed by atoms with Crippen LogP contribution in [0.15, 0.2) is 54.5 Å². The summed E-state index contributed by atoms with van der Waals surface area (Å²) in [4.78, 5) is 12.3. The Morgan fingerprint density at radius 3 is 2.45 bits per heavy atom. The largest absolute Gasteiger partial charge is 0.494 e. The van der Waals surface area contributed by atoms with Crippen LogP contribution in [0.4, 0.5) is 18.9 Å². The number of ether oxygens (including phenoxy) is 4. The molecule has 0 saturated carbocycles. The van der Waals surface area contributed by atoms with E-state index in [0.717, 1.165) is 24.5 Å². The molecular formula is C20H18F3NO5. The molecule has 1 aliphatic heterocycles. The first-order valence-corrected chi connectivity index (χ1v) is 8.74. The summed E-state index contributed by atoms with van der Waals surface area (Å²) < 4.78 is 60.5. The Balaban J connectivity index is 1.86. The van der Waals surface area contributed by atoms with Crippen LogP contribution < -0.4 is 14.8 Å². The monoisotopic (exact) mass is 409 g/mol. The second kappa shape index (κ2) is 8.76. The third kappa shape index (κ3) is 5.34. The molecule has 2 aromatic carbocycles. The molecule has 0 spiro atoms. The number of amides is 1. The summed E-state index contributed by atoms with van der Waals surface area (Å²) in [5.74, 6) is 0.136. The van der Waals surface area contributed by atoms with E-state index in [-0.39, 0.29) is 30.4 Å². The second-order valence-electron chi connectivity index (χ2n) is 5.87. The minimum atomic E-state index is -4.58. The molecule has 0 fully saturated rings. The van der Waals surface area contributed by atoms with Crippen molar-refractivity contribution in [2.24, 2.45) is 0 Å². The van der Waals surface area contributed by atoms with Gasteiger partial charge in [0.05, 0.1) is 17.9 Å². The van der Waals surface area contributed by atoms with Crippen LogP contribution in [-0.2, 0) is 20.4 Å². The highest BCUT2D eigenvalue weighted by Gasteiger charge is 2.31. The fourth-order valence-electron chi connectivity index (χ4n) is 2.46. The Morgan fingerprint density at radius 2 is 1.83 bits per heavy atom. The minimum Gasteiger partial charge on any atom is -0.494 e. The smallest absolute Gasteiger partial charge is 0.416 e. The van der Waals surface area contributed by atoms with Crippen molar-refractivity contribution in [1.82, 2.24) is 0 Å². The van der Waals surface area contributed by atoms with E-state index in [4.69, 9.17) is 18.9 Å². The van der Waals surface area contributed by atoms with Gasteiger partial charge in [0.15, 0.2) is 5.75 Å². The molecule has 29 heavy (non-hydrogen) atoms. The average molecular weight is 409 g/mol. The quantitative estimate of drug-likeness (QED) is 0.748. The number of hydrogen-bond donors (Lipinski definition) is 1. The van der Waals surface area contributed by atoms with Gasteiger partial charge in [-0.2, -0.15) is 13.2 Å². The first-order chi connectivity index (χ1) is 13.9. The molecule has 0 unspecified atom stereocenters. The van der Waals surface area contributed by atoms with Gasteiger partial charge in [0.25, 0.3) is 5.91 Å². The molecule has 1 heterocycles. The maximum Gasteiger partial charge on any atom is 0.416 e. The highest BCUT2D eigenvalue weighted by atomic mass is 19.4. The molecule has 0 aliphatic carbocycles. The lowest BCUT2D eigenvalue weighted by atomic mass is 10.1. The van der Waals surface area contributed by atoms with Crippen molar-refractivity contribution in [1.29, 1.82) is 0 Å². The van der Waals surface area contributed by atoms with Crippen molar-refractivity contribution in [2.45, 2.75) is 13.1 Å². The van der Waals surface area contributed by atoms with Gasteiger partial charge in [0.2, 0.25) is 5.76 Å². The van der Waals surface area contributed by atoms with Crippen molar-refractivity contribution >= 4 is 11.6 Å². The number of rotatable bonds is 6. The van der Waals surface area contributed by atoms with E-state index in [9.17, 15) is 18.0 Å². The zero-order chi connectivity index (χ0) is 20.9. The molecule has 6 nitrogen and oxygen atoms in total. The predicted molar refractivity (Wildman–Crippen MR) is 97.7 cm³/mol. The summed E-state index contributed by atoms with van der Waals surface area (Å²) in [5.41, 5.74) is -1.09. The molecule has 3 rings (SSSR count). The molecule has 0 radical (unpaired) electrons. The van der Waals surface area contributed by atoms with Crippen molar-refractivity contribution in [3.05, 3.63) is 60.0 Å². The van der Waals surface area contributed by atoms with Gasteiger partial charge < -0.3 is 24.3 Å². The van der Waals surface area contributed by atoms with Crippen LogP contribution in [0.3, 0.4) is 0 Å². The van der Waals surface area contributed by atoms with E-state index in [1.54, 1.807) is 24.3 Å². The molecule has 1 aliphatic rings. The Labute approximate surface area is 164 Å². The van der Waals surface area contributed by atoms with Crippen molar-refractivity contribution in [2.75, 3.05) is 25.1 Å². The molecule has 0 saturated heterocycles. The van der Waals surface area contributed by atoms with Crippen LogP contribution in [0.5, 0.6) is 17.2 Å². The maximum atomic E-state index is 13.1. The summed E-state index contributed by atoms with van der Waals surface area (Å²) in [6.07, 6.45) is -3.47. The van der Waals surface area contributed by atoms with Gasteiger partial charge in [0, 0.05) is 0 Å². The van der Waals surface area contributed by atoms with Crippen LogP contribution >= 0.6 is 0 Å². The summed E-state index contributed by atoms with van der Waals surface area (Å²) in [6, 6.07) is 9.36. The molecule has 1 N–H and O–H groups in total. The number of alkyl halides is 3. The fraction of sp³-hybridized carbons (Fsp3) is 0.250. The van der Waals surface area contributed by atoms with E-state index < -0.39 is 17.6 Å². The molecular weight excluding hydrogens is 391 g/mol. The first-order valence-electron chi connectivity index (χ1n) is 8.74. The van der Waals surface area contributed by atoms with E-state index in [1.807, 2.05) is 6.92 Å². The van der Waals surface area contributed by atoms with Crippen molar-refractivity contribution < 1.29 is 36.9 Å². The number of anilines is 1. The molecule has 9 heteroatoms. The van der Waals surface area contributed by atoms with E-state index >= 15 is 0 Å². The Hall–Kier alpha value is -3.36. The second-order valence-corrected chi connectivity index (χ2v) is 5.87. The van der Waals surface area contributed by atoms with E-state index in [1.165, 1.54) is 0 Å². The van der Waals surface area contributed by atoms with Gasteiger partial charge in [-0.25, -0.2) is 0 Å². The van der Waals surface area contributed by atoms with Crippen molar-refractivity contribution in [3.8, 4) is 17.2 Å². The standard InChI is InChI=1S/C20H18F3NO5/c1-2-27-14-4-6-15(7-5-14)29-17-8-3-13(20(21,22)23)11-16(17)24-19(25)18-12-26-9-10-28-18/h3-8,11-12H,2,9-10H2,1H3,(H,24,25). The summed E-state index contributed by atoms with van der Waals surface area (Å²) in [5, 5.41) is 2.38. The van der Waals surface area contributed by atoms with Crippen LogP contribution in [-0.4, -0.2) is 25.7 Å². The molecule has 0 atom stereocenters. The Bertz CT molecular complexity index is 894. The topological polar surface area (TPSA) is 66.0 Å². The van der Waals surface area contributed by atoms with Gasteiger partial charge in [-0.3, -0.25) is 4.79 Å². The van der Waals surface area contributed by atoms with Gasteiger partial charge in [-0.05, 0) is 49.4 Å². The summed E-state index contributed by atoms with van der Waals surface area (Å²) >= 11 is 0. The molecule has 0 aromatic heterocycles. The average Bonchev–Trinajstić information content (AvgIpc) is 2.71. The normalized spacial score (nSPS) is 13.6. The van der Waals surface area contributed by atoms with Crippen LogP contribution in [0.25, 0.3) is 0 Å². The van der Waals surface area contributed by atoms with E-state index in [2.05, 4.69) is 5.32 Å². The Morgan fingerprint density at radius 1 is 1.10 bits per heavy atom. The molecule has 1 amide bonds. The number of hydrogen-bond acceptors (Lipinski definition) is 5. The SMILES string of the molecule is CCOc1ccc(Oc2ccc(C(F)(F)F)cc2NC(=O)C2=COCCO2)cc1. The number of carbonyl (C=O) groups is 1. The van der Waals surface area contributed by atoms with Crippen LogP contribution in [0.1, 0.15) is 12.5 Å². The van der Waals surface area contributed by atoms with Crippen molar-refractivity contribution in [3.63, 3.8) is 0 Å². The van der Waals surface area contributed by atoms with Gasteiger partial charge >= 0.3 is 6.18 Å². The van der Waals surface area contributed by atoms with E-state index in [0.29, 0.717) is 18.1 Å². The molecule has 0 bridgehead atoms. The zero-order valence-corrected chi connectivity index (χ0v) is 15.4. The first kappa shape index (κ1) is 20.4. The highest BCUT2D eigenvalue weighted by molar-refractivity contribution is 6.03.